The zero-order valence-corrected chi connectivity index (χ0v) is 29.1. The first-order valence-corrected chi connectivity index (χ1v) is 17.4. The van der Waals surface area contributed by atoms with Gasteiger partial charge in [0.1, 0.15) is 17.0 Å². The fourth-order valence-electron chi connectivity index (χ4n) is 5.67. The number of likely N-dealkylation sites (N-methyl/N-ethyl adjacent to an activating group) is 1. The number of hydrogen-bond donors (Lipinski definition) is 2. The van der Waals surface area contributed by atoms with Crippen molar-refractivity contribution in [3.05, 3.63) is 71.3 Å². The first-order valence-electron chi connectivity index (χ1n) is 16.2. The number of imidazole rings is 1. The summed E-state index contributed by atoms with van der Waals surface area (Å²) in [5.74, 6) is 0.611. The summed E-state index contributed by atoms with van der Waals surface area (Å²) in [5.41, 5.74) is 4.27. The fraction of sp³-hybridized carbons (Fsp3) is 0.389. The molecule has 2 N–H and O–H groups in total. The Kier molecular flexibility index (Phi) is 11.6. The van der Waals surface area contributed by atoms with Gasteiger partial charge in [-0.2, -0.15) is 0 Å². The third kappa shape index (κ3) is 8.29. The fourth-order valence-corrected chi connectivity index (χ4v) is 6.07. The zero-order valence-electron chi connectivity index (χ0n) is 28.3. The monoisotopic (exact) mass is 672 g/mol. The van der Waals surface area contributed by atoms with Gasteiger partial charge in [-0.15, -0.1) is 0 Å². The third-order valence-electron chi connectivity index (χ3n) is 8.56. The van der Waals surface area contributed by atoms with Crippen LogP contribution in [0.4, 0.5) is 11.4 Å². The summed E-state index contributed by atoms with van der Waals surface area (Å²) in [6.45, 7) is 5.92. The Morgan fingerprint density at radius 1 is 1.00 bits per heavy atom. The van der Waals surface area contributed by atoms with Gasteiger partial charge in [-0.05, 0) is 87.5 Å². The van der Waals surface area contributed by atoms with Gasteiger partial charge in [-0.3, -0.25) is 14.4 Å². The SMILES string of the molecule is COc1cc(C(=O)N(C)c2ccc(C)cc2OCCCCCC(=O)N2CCN(C)CC2)ccc1NC(=O)c1cccc2[nH]c(SC)nc12. The van der Waals surface area contributed by atoms with Crippen molar-refractivity contribution in [3.63, 3.8) is 0 Å². The number of aromatic amines is 1. The van der Waals surface area contributed by atoms with Crippen molar-refractivity contribution in [2.45, 2.75) is 37.8 Å². The number of ether oxygens (including phenoxy) is 2. The van der Waals surface area contributed by atoms with E-state index in [4.69, 9.17) is 9.47 Å². The highest BCUT2D eigenvalue weighted by molar-refractivity contribution is 7.98. The Morgan fingerprint density at radius 3 is 2.54 bits per heavy atom. The molecule has 1 aromatic heterocycles. The highest BCUT2D eigenvalue weighted by Gasteiger charge is 2.22. The lowest BCUT2D eigenvalue weighted by atomic mass is 10.1. The Bertz CT molecular complexity index is 1770. The lowest BCUT2D eigenvalue weighted by molar-refractivity contribution is -0.132. The lowest BCUT2D eigenvalue weighted by Gasteiger charge is -2.32. The van der Waals surface area contributed by atoms with E-state index in [1.165, 1.54) is 18.9 Å². The number of piperazine rings is 1. The molecule has 0 atom stereocenters. The van der Waals surface area contributed by atoms with Crippen LogP contribution >= 0.6 is 11.8 Å². The summed E-state index contributed by atoms with van der Waals surface area (Å²) in [6.07, 6.45) is 4.98. The van der Waals surface area contributed by atoms with Gasteiger partial charge in [0.05, 0.1) is 36.2 Å². The van der Waals surface area contributed by atoms with Gasteiger partial charge >= 0.3 is 0 Å². The number of anilines is 2. The summed E-state index contributed by atoms with van der Waals surface area (Å²) in [7, 11) is 5.29. The Balaban J connectivity index is 1.19. The molecule has 2 heterocycles. The van der Waals surface area contributed by atoms with Crippen molar-refractivity contribution < 1.29 is 23.9 Å². The van der Waals surface area contributed by atoms with Crippen LogP contribution in [0.3, 0.4) is 0 Å². The number of nitrogens with one attached hydrogen (secondary N) is 2. The molecule has 48 heavy (non-hydrogen) atoms. The Hall–Kier alpha value is -4.55. The molecule has 0 saturated carbocycles. The summed E-state index contributed by atoms with van der Waals surface area (Å²) < 4.78 is 11.8. The third-order valence-corrected chi connectivity index (χ3v) is 9.14. The van der Waals surface area contributed by atoms with Gasteiger partial charge in [0, 0.05) is 45.2 Å². The maximum atomic E-state index is 13.7. The van der Waals surface area contributed by atoms with E-state index in [2.05, 4.69) is 27.2 Å². The molecular weight excluding hydrogens is 629 g/mol. The molecule has 0 unspecified atom stereocenters. The van der Waals surface area contributed by atoms with Gasteiger partial charge in [-0.1, -0.05) is 23.9 Å². The highest BCUT2D eigenvalue weighted by atomic mass is 32.2. The van der Waals surface area contributed by atoms with E-state index in [0.717, 1.165) is 61.7 Å². The largest absolute Gasteiger partial charge is 0.495 e. The number of nitrogens with zero attached hydrogens (tertiary/aromatic N) is 4. The number of H-pyrrole nitrogens is 1. The smallest absolute Gasteiger partial charge is 0.258 e. The maximum absolute atomic E-state index is 13.7. The number of unbranched alkanes of at least 4 members (excludes halogenated alkanes) is 2. The number of para-hydroxylation sites is 1. The number of carbonyl (C=O) groups excluding carboxylic acids is 3. The highest BCUT2D eigenvalue weighted by Crippen LogP contribution is 2.32. The molecule has 12 heteroatoms. The van der Waals surface area contributed by atoms with E-state index in [1.807, 2.05) is 42.3 Å². The minimum atomic E-state index is -0.336. The van der Waals surface area contributed by atoms with Crippen molar-refractivity contribution in [3.8, 4) is 11.5 Å². The number of thioether (sulfide) groups is 1. The second kappa shape index (κ2) is 16.0. The number of aryl methyl sites for hydroxylation is 1. The van der Waals surface area contributed by atoms with Crippen LogP contribution in [-0.2, 0) is 4.79 Å². The topological polar surface area (TPSA) is 120 Å². The Morgan fingerprint density at radius 2 is 1.79 bits per heavy atom. The van der Waals surface area contributed by atoms with Gasteiger partial charge in [0.25, 0.3) is 11.8 Å². The van der Waals surface area contributed by atoms with E-state index in [-0.39, 0.29) is 17.7 Å². The van der Waals surface area contributed by atoms with Crippen LogP contribution < -0.4 is 19.7 Å². The maximum Gasteiger partial charge on any atom is 0.258 e. The molecule has 11 nitrogen and oxygen atoms in total. The molecule has 3 amide bonds. The van der Waals surface area contributed by atoms with Gasteiger partial charge in [-0.25, -0.2) is 4.98 Å². The van der Waals surface area contributed by atoms with Gasteiger partial charge in [0.15, 0.2) is 5.16 Å². The van der Waals surface area contributed by atoms with Gasteiger partial charge in [0.2, 0.25) is 5.91 Å². The van der Waals surface area contributed by atoms with Crippen LogP contribution in [0.25, 0.3) is 11.0 Å². The molecule has 0 spiro atoms. The molecule has 254 valence electrons. The van der Waals surface area contributed by atoms with Crippen molar-refractivity contribution in [1.29, 1.82) is 0 Å². The molecule has 0 aliphatic carbocycles. The average molecular weight is 673 g/mol. The van der Waals surface area contributed by atoms with Crippen LogP contribution in [0.5, 0.6) is 11.5 Å². The molecule has 4 aromatic rings. The van der Waals surface area contributed by atoms with Crippen LogP contribution in [-0.4, -0.2) is 97.7 Å². The second-order valence-corrected chi connectivity index (χ2v) is 12.8. The minimum absolute atomic E-state index is 0.230. The minimum Gasteiger partial charge on any atom is -0.495 e. The number of carbonyl (C=O) groups is 3. The number of aromatic nitrogens is 2. The van der Waals surface area contributed by atoms with Crippen LogP contribution in [0, 0.1) is 6.92 Å². The van der Waals surface area contributed by atoms with Crippen LogP contribution in [0.1, 0.15) is 52.0 Å². The summed E-state index contributed by atoms with van der Waals surface area (Å²) in [4.78, 5) is 53.0. The molecule has 1 aliphatic heterocycles. The standard InChI is InChI=1S/C36H44N6O5S/c1-24-13-16-29(31(22-24)47-21-8-6-7-12-32(43)42-19-17-40(2)18-20-42)41(3)35(45)25-14-15-27(30(23-25)46-4)37-34(44)26-10-9-11-28-33(26)39-36(38-28)48-5/h9-11,13-16,22-23H,6-8,12,17-21H2,1-5H3,(H,37,44)(H,38,39). The van der Waals surface area contributed by atoms with E-state index in [0.29, 0.717) is 52.5 Å². The number of benzene rings is 3. The summed E-state index contributed by atoms with van der Waals surface area (Å²) in [6, 6.07) is 16.1. The lowest BCUT2D eigenvalue weighted by Crippen LogP contribution is -2.47. The molecule has 1 saturated heterocycles. The number of methoxy groups -OCH3 is 1. The predicted molar refractivity (Wildman–Crippen MR) is 191 cm³/mol. The van der Waals surface area contributed by atoms with E-state index in [9.17, 15) is 14.4 Å². The molecule has 0 radical (unpaired) electrons. The van der Waals surface area contributed by atoms with Crippen LogP contribution in [0.2, 0.25) is 0 Å². The quantitative estimate of drug-likeness (QED) is 0.134. The van der Waals surface area contributed by atoms with Crippen molar-refractivity contribution in [2.24, 2.45) is 0 Å². The average Bonchev–Trinajstić information content (AvgIpc) is 3.53. The number of amides is 3. The van der Waals surface area contributed by atoms with Crippen molar-refractivity contribution in [1.82, 2.24) is 19.8 Å². The molecule has 1 fully saturated rings. The van der Waals surface area contributed by atoms with E-state index in [1.54, 1.807) is 42.3 Å². The molecule has 3 aromatic carbocycles. The number of hydrogen-bond acceptors (Lipinski definition) is 8. The number of fused-ring (bicyclic) bond motifs is 1. The predicted octanol–water partition coefficient (Wildman–Crippen LogP) is 5.84. The normalized spacial score (nSPS) is 13.4. The zero-order chi connectivity index (χ0) is 34.2. The molecule has 1 aliphatic rings. The summed E-state index contributed by atoms with van der Waals surface area (Å²) in [5, 5.41) is 3.63. The van der Waals surface area contributed by atoms with Crippen molar-refractivity contribution >= 4 is 51.9 Å². The van der Waals surface area contributed by atoms with E-state index < -0.39 is 0 Å². The second-order valence-electron chi connectivity index (χ2n) is 12.0. The Labute approximate surface area is 286 Å². The van der Waals surface area contributed by atoms with E-state index >= 15 is 0 Å². The van der Waals surface area contributed by atoms with Crippen molar-refractivity contribution in [2.75, 3.05) is 70.5 Å². The summed E-state index contributed by atoms with van der Waals surface area (Å²) >= 11 is 1.47. The van der Waals surface area contributed by atoms with Crippen LogP contribution in [0.15, 0.2) is 59.8 Å². The first-order chi connectivity index (χ1) is 23.2. The number of rotatable bonds is 13. The van der Waals surface area contributed by atoms with Gasteiger partial charge < -0.3 is 34.5 Å². The molecular formula is C36H44N6O5S. The molecule has 5 rings (SSSR count). The molecule has 0 bridgehead atoms. The first kappa shape index (κ1) is 34.8.